The first-order valence-corrected chi connectivity index (χ1v) is 9.99. The predicted octanol–water partition coefficient (Wildman–Crippen LogP) is 5.11. The van der Waals surface area contributed by atoms with Crippen LogP contribution in [-0.4, -0.2) is 23.8 Å². The normalized spacial score (nSPS) is 12.3. The summed E-state index contributed by atoms with van der Waals surface area (Å²) in [6.45, 7) is 0. The molecule has 0 fully saturated rings. The lowest BCUT2D eigenvalue weighted by Gasteiger charge is -2.20. The number of thioether (sulfide) groups is 1. The van der Waals surface area contributed by atoms with Gasteiger partial charge in [-0.2, -0.15) is 13.2 Å². The average Bonchev–Trinajstić information content (AvgIpc) is 2.76. The van der Waals surface area contributed by atoms with Gasteiger partial charge in [0, 0.05) is 6.20 Å². The van der Waals surface area contributed by atoms with Gasteiger partial charge >= 0.3 is 6.18 Å². The third kappa shape index (κ3) is 5.76. The number of amides is 1. The topological polar surface area (TPSA) is 51.2 Å². The molecule has 1 heterocycles. The number of carbonyl (C=O) groups is 1. The van der Waals surface area contributed by atoms with Gasteiger partial charge in [0.2, 0.25) is 5.91 Å². The maximum Gasteiger partial charge on any atom is 0.417 e. The van der Waals surface area contributed by atoms with Gasteiger partial charge in [-0.1, -0.05) is 54.2 Å². The molecule has 1 atom stereocenters. The number of pyridine rings is 1. The molecule has 0 aliphatic rings. The second kappa shape index (κ2) is 9.67. The highest BCUT2D eigenvalue weighted by atomic mass is 32.2. The van der Waals surface area contributed by atoms with E-state index < -0.39 is 11.7 Å². The van der Waals surface area contributed by atoms with E-state index in [1.165, 1.54) is 6.07 Å². The number of rotatable bonds is 7. The zero-order valence-corrected chi connectivity index (χ0v) is 16.8. The Labute approximate surface area is 176 Å². The molecule has 0 radical (unpaired) electrons. The smallest absolute Gasteiger partial charge is 0.417 e. The van der Waals surface area contributed by atoms with Crippen molar-refractivity contribution < 1.29 is 22.7 Å². The van der Waals surface area contributed by atoms with Crippen LogP contribution in [0.25, 0.3) is 0 Å². The summed E-state index contributed by atoms with van der Waals surface area (Å²) in [5.41, 5.74) is 0.974. The third-order valence-electron chi connectivity index (χ3n) is 4.30. The number of halogens is 3. The molecule has 0 aliphatic heterocycles. The molecule has 0 spiro atoms. The van der Waals surface area contributed by atoms with Crippen molar-refractivity contribution in [3.63, 3.8) is 0 Å². The lowest BCUT2D eigenvalue weighted by Crippen LogP contribution is -2.30. The molecule has 3 aromatic rings. The number of methoxy groups -OCH3 is 1. The number of hydrogen-bond donors (Lipinski definition) is 1. The number of benzene rings is 2. The zero-order valence-electron chi connectivity index (χ0n) is 16.0. The first-order valence-electron chi connectivity index (χ1n) is 9.01. The minimum atomic E-state index is -4.44. The predicted molar refractivity (Wildman–Crippen MR) is 109 cm³/mol. The molecule has 2 aromatic carbocycles. The molecule has 0 saturated carbocycles. The van der Waals surface area contributed by atoms with Gasteiger partial charge in [-0.3, -0.25) is 4.79 Å². The number of ether oxygens (including phenoxy) is 1. The van der Waals surface area contributed by atoms with E-state index in [0.29, 0.717) is 10.8 Å². The number of carbonyl (C=O) groups excluding carboxylic acids is 1. The summed E-state index contributed by atoms with van der Waals surface area (Å²) in [4.78, 5) is 16.3. The highest BCUT2D eigenvalue weighted by Gasteiger charge is 2.30. The summed E-state index contributed by atoms with van der Waals surface area (Å²) in [6.07, 6.45) is -3.67. The monoisotopic (exact) mass is 432 g/mol. The summed E-state index contributed by atoms with van der Waals surface area (Å²) < 4.78 is 43.1. The Morgan fingerprint density at radius 3 is 2.27 bits per heavy atom. The van der Waals surface area contributed by atoms with Crippen molar-refractivity contribution in [1.82, 2.24) is 10.3 Å². The van der Waals surface area contributed by atoms with Gasteiger partial charge in [0.15, 0.2) is 0 Å². The highest BCUT2D eigenvalue weighted by Crippen LogP contribution is 2.30. The Morgan fingerprint density at radius 2 is 1.70 bits per heavy atom. The molecular formula is C22H19F3N2O2S. The highest BCUT2D eigenvalue weighted by molar-refractivity contribution is 7.99. The largest absolute Gasteiger partial charge is 0.497 e. The molecule has 30 heavy (non-hydrogen) atoms. The maximum absolute atomic E-state index is 12.6. The third-order valence-corrected chi connectivity index (χ3v) is 5.25. The van der Waals surface area contributed by atoms with Gasteiger partial charge in [0.1, 0.15) is 5.75 Å². The van der Waals surface area contributed by atoms with Crippen molar-refractivity contribution in [2.24, 2.45) is 0 Å². The van der Waals surface area contributed by atoms with E-state index in [0.717, 1.165) is 35.2 Å². The standard InChI is InChI=1S/C22H19F3N2O2S/c1-29-18-10-7-16(8-11-18)21(15-5-3-2-4-6-15)27-19(28)14-30-20-12-9-17(13-26-20)22(23,24)25/h2-13,21H,14H2,1H3,(H,27,28)/t21-/m1/s1. The van der Waals surface area contributed by atoms with Gasteiger partial charge in [-0.25, -0.2) is 4.98 Å². The second-order valence-electron chi connectivity index (χ2n) is 6.36. The molecule has 1 N–H and O–H groups in total. The minimum absolute atomic E-state index is 0.0256. The lowest BCUT2D eigenvalue weighted by atomic mass is 9.98. The van der Waals surface area contributed by atoms with Gasteiger partial charge in [-0.15, -0.1) is 0 Å². The Kier molecular flexibility index (Phi) is 6.99. The quantitative estimate of drug-likeness (QED) is 0.528. The van der Waals surface area contributed by atoms with Crippen molar-refractivity contribution in [3.05, 3.63) is 89.6 Å². The van der Waals surface area contributed by atoms with Crippen molar-refractivity contribution in [2.75, 3.05) is 12.9 Å². The fourth-order valence-electron chi connectivity index (χ4n) is 2.78. The second-order valence-corrected chi connectivity index (χ2v) is 7.35. The van der Waals surface area contributed by atoms with Gasteiger partial charge in [0.25, 0.3) is 0 Å². The van der Waals surface area contributed by atoms with Crippen molar-refractivity contribution >= 4 is 17.7 Å². The summed E-state index contributed by atoms with van der Waals surface area (Å²) in [5.74, 6) is 0.477. The van der Waals surface area contributed by atoms with E-state index in [9.17, 15) is 18.0 Å². The van der Waals surface area contributed by atoms with E-state index in [4.69, 9.17) is 4.74 Å². The number of nitrogens with zero attached hydrogens (tertiary/aromatic N) is 1. The maximum atomic E-state index is 12.6. The molecule has 1 amide bonds. The van der Waals surface area contributed by atoms with Gasteiger partial charge in [-0.05, 0) is 35.4 Å². The number of aromatic nitrogens is 1. The van der Waals surface area contributed by atoms with Crippen LogP contribution in [0.1, 0.15) is 22.7 Å². The van der Waals surface area contributed by atoms with Crippen LogP contribution < -0.4 is 10.1 Å². The molecule has 156 valence electrons. The lowest BCUT2D eigenvalue weighted by molar-refractivity contribution is -0.137. The fraction of sp³-hybridized carbons (Fsp3) is 0.182. The number of alkyl halides is 3. The number of hydrogen-bond acceptors (Lipinski definition) is 4. The van der Waals surface area contributed by atoms with Crippen LogP contribution in [0.3, 0.4) is 0 Å². The molecule has 0 bridgehead atoms. The molecule has 0 saturated heterocycles. The fourth-order valence-corrected chi connectivity index (χ4v) is 3.43. The Morgan fingerprint density at radius 1 is 1.03 bits per heavy atom. The van der Waals surface area contributed by atoms with Crippen LogP contribution >= 0.6 is 11.8 Å². The zero-order chi connectivity index (χ0) is 21.6. The average molecular weight is 432 g/mol. The van der Waals surface area contributed by atoms with Crippen molar-refractivity contribution in [3.8, 4) is 5.75 Å². The van der Waals surface area contributed by atoms with Crippen molar-refractivity contribution in [1.29, 1.82) is 0 Å². The van der Waals surface area contributed by atoms with E-state index in [1.54, 1.807) is 7.11 Å². The summed E-state index contributed by atoms with van der Waals surface area (Å²) in [5, 5.41) is 3.33. The van der Waals surface area contributed by atoms with E-state index in [-0.39, 0.29) is 17.7 Å². The Hall–Kier alpha value is -3.00. The minimum Gasteiger partial charge on any atom is -0.497 e. The van der Waals surface area contributed by atoms with Crippen molar-refractivity contribution in [2.45, 2.75) is 17.2 Å². The van der Waals surface area contributed by atoms with Crippen LogP contribution in [0.2, 0.25) is 0 Å². The van der Waals surface area contributed by atoms with Gasteiger partial charge < -0.3 is 10.1 Å². The molecule has 8 heteroatoms. The van der Waals surface area contributed by atoms with Crippen LogP contribution in [0, 0.1) is 0 Å². The SMILES string of the molecule is COc1ccc([C@H](NC(=O)CSc2ccc(C(F)(F)F)cn2)c2ccccc2)cc1. The van der Waals surface area contributed by atoms with E-state index in [2.05, 4.69) is 10.3 Å². The molecule has 0 unspecified atom stereocenters. The van der Waals surface area contributed by atoms with Gasteiger partial charge in [0.05, 0.1) is 29.5 Å². The molecule has 3 rings (SSSR count). The van der Waals surface area contributed by atoms with Crippen LogP contribution in [-0.2, 0) is 11.0 Å². The van der Waals surface area contributed by atoms with E-state index >= 15 is 0 Å². The first-order chi connectivity index (χ1) is 14.4. The summed E-state index contributed by atoms with van der Waals surface area (Å²) >= 11 is 1.08. The summed E-state index contributed by atoms with van der Waals surface area (Å²) in [7, 11) is 1.58. The summed E-state index contributed by atoms with van der Waals surface area (Å²) in [6, 6.07) is 18.7. The Bertz CT molecular complexity index is 962. The van der Waals surface area contributed by atoms with Crippen LogP contribution in [0.5, 0.6) is 5.75 Å². The molecule has 1 aromatic heterocycles. The number of nitrogens with one attached hydrogen (secondary N) is 1. The van der Waals surface area contributed by atoms with Crippen LogP contribution in [0.15, 0.2) is 78.0 Å². The molecule has 0 aliphatic carbocycles. The Balaban J connectivity index is 1.69. The molecular weight excluding hydrogens is 413 g/mol. The van der Waals surface area contributed by atoms with E-state index in [1.807, 2.05) is 54.6 Å². The molecule has 4 nitrogen and oxygen atoms in total. The first kappa shape index (κ1) is 21.7. The van der Waals surface area contributed by atoms with Crippen LogP contribution in [0.4, 0.5) is 13.2 Å².